The van der Waals surface area contributed by atoms with Crippen molar-refractivity contribution in [2.75, 3.05) is 0 Å². The molecule has 33 heavy (non-hydrogen) atoms. The van der Waals surface area contributed by atoms with E-state index in [0.717, 1.165) is 11.1 Å². The van der Waals surface area contributed by atoms with E-state index in [2.05, 4.69) is 9.97 Å². The van der Waals surface area contributed by atoms with Crippen molar-refractivity contribution in [2.24, 2.45) is 0 Å². The quantitative estimate of drug-likeness (QED) is 0.231. The minimum atomic E-state index is -4.56. The van der Waals surface area contributed by atoms with Crippen LogP contribution in [-0.4, -0.2) is 33.2 Å². The number of halogens is 2. The third kappa shape index (κ3) is 3.98. The van der Waals surface area contributed by atoms with Gasteiger partial charge in [0.2, 0.25) is 0 Å². The molecule has 0 aliphatic rings. The number of fused-ring (bicyclic) bond motifs is 3. The fourth-order valence-electron chi connectivity index (χ4n) is 3.78. The number of hydrogen-bond acceptors (Lipinski definition) is 5. The van der Waals surface area contributed by atoms with Gasteiger partial charge in [-0.3, -0.25) is 4.55 Å². The lowest BCUT2D eigenvalue weighted by atomic mass is 10.0. The summed E-state index contributed by atoms with van der Waals surface area (Å²) < 4.78 is 33.5. The Kier molecular flexibility index (Phi) is 5.71. The standard InChI is InChI=1S/C23H15ClN2O5S.ClH/c24-14-7-4-12(5-8-14)13-6-9-15(19(28)10-13)23-25-17-11-20(32(29,30)31)16-2-1-3-18(27)21(16)22(17)26-23;/h1-11,27-28H,(H,25,26)(H,29,30,31);1H. The average molecular weight is 503 g/mol. The molecule has 1 aromatic heterocycles. The molecule has 4 N–H and O–H groups in total. The van der Waals surface area contributed by atoms with Crippen LogP contribution in [0.25, 0.3) is 44.3 Å². The maximum atomic E-state index is 11.9. The number of nitrogens with zero attached hydrogens (tertiary/aromatic N) is 1. The van der Waals surface area contributed by atoms with E-state index >= 15 is 0 Å². The van der Waals surface area contributed by atoms with E-state index < -0.39 is 10.1 Å². The third-order valence-corrected chi connectivity index (χ3v) is 6.41. The maximum absolute atomic E-state index is 11.9. The molecule has 0 unspecified atom stereocenters. The zero-order valence-electron chi connectivity index (χ0n) is 16.7. The van der Waals surface area contributed by atoms with E-state index in [1.807, 2.05) is 18.2 Å². The first-order valence-corrected chi connectivity index (χ1v) is 11.3. The van der Waals surface area contributed by atoms with Crippen molar-refractivity contribution in [2.45, 2.75) is 4.90 Å². The second-order valence-corrected chi connectivity index (χ2v) is 9.10. The van der Waals surface area contributed by atoms with E-state index in [-0.39, 0.29) is 50.9 Å². The molecule has 168 valence electrons. The Hall–Kier alpha value is -3.30. The third-order valence-electron chi connectivity index (χ3n) is 5.26. The summed E-state index contributed by atoms with van der Waals surface area (Å²) in [6, 6.07) is 17.9. The number of phenolic OH excluding ortho intramolecular Hbond substituents is 2. The monoisotopic (exact) mass is 502 g/mol. The number of H-pyrrole nitrogens is 1. The Morgan fingerprint density at radius 1 is 0.879 bits per heavy atom. The number of imidazole rings is 1. The van der Waals surface area contributed by atoms with Crippen LogP contribution < -0.4 is 0 Å². The van der Waals surface area contributed by atoms with Gasteiger partial charge < -0.3 is 15.2 Å². The summed E-state index contributed by atoms with van der Waals surface area (Å²) in [6.45, 7) is 0. The van der Waals surface area contributed by atoms with Crippen molar-refractivity contribution in [1.29, 1.82) is 0 Å². The highest BCUT2D eigenvalue weighted by molar-refractivity contribution is 7.86. The summed E-state index contributed by atoms with van der Waals surface area (Å²) in [5.41, 5.74) is 2.62. The van der Waals surface area contributed by atoms with Gasteiger partial charge in [0.15, 0.2) is 0 Å². The van der Waals surface area contributed by atoms with Gasteiger partial charge in [-0.1, -0.05) is 41.9 Å². The Morgan fingerprint density at radius 3 is 2.24 bits per heavy atom. The minimum absolute atomic E-state index is 0. The Morgan fingerprint density at radius 2 is 1.58 bits per heavy atom. The number of phenols is 2. The fraction of sp³-hybridized carbons (Fsp3) is 0. The number of rotatable bonds is 3. The summed E-state index contributed by atoms with van der Waals surface area (Å²) in [5, 5.41) is 22.0. The van der Waals surface area contributed by atoms with Gasteiger partial charge >= 0.3 is 0 Å². The van der Waals surface area contributed by atoms with Crippen LogP contribution in [-0.2, 0) is 10.1 Å². The molecule has 0 aliphatic carbocycles. The van der Waals surface area contributed by atoms with Crippen LogP contribution in [0.2, 0.25) is 5.02 Å². The lowest BCUT2D eigenvalue weighted by Gasteiger charge is -2.06. The van der Waals surface area contributed by atoms with Crippen molar-refractivity contribution in [3.63, 3.8) is 0 Å². The van der Waals surface area contributed by atoms with Crippen LogP contribution >= 0.6 is 24.0 Å². The molecule has 5 aromatic rings. The first-order chi connectivity index (χ1) is 15.2. The molecule has 0 radical (unpaired) electrons. The van der Waals surface area contributed by atoms with E-state index in [1.165, 1.54) is 24.3 Å². The molecule has 0 aliphatic heterocycles. The molecule has 0 spiro atoms. The SMILES string of the molecule is Cl.O=S(=O)(O)c1cc2[nH]c(-c3ccc(-c4ccc(Cl)cc4)cc3O)nc2c2c(O)cccc12. The molecule has 10 heteroatoms. The largest absolute Gasteiger partial charge is 0.507 e. The van der Waals surface area contributed by atoms with Crippen LogP contribution in [0.3, 0.4) is 0 Å². The molecule has 5 rings (SSSR count). The van der Waals surface area contributed by atoms with Gasteiger partial charge in [-0.2, -0.15) is 8.42 Å². The zero-order chi connectivity index (χ0) is 22.6. The van der Waals surface area contributed by atoms with Gasteiger partial charge in [0.05, 0.1) is 16.5 Å². The highest BCUT2D eigenvalue weighted by Gasteiger charge is 2.21. The van der Waals surface area contributed by atoms with Gasteiger partial charge in [-0.25, -0.2) is 4.98 Å². The zero-order valence-corrected chi connectivity index (χ0v) is 19.0. The van der Waals surface area contributed by atoms with Crippen LogP contribution in [0.1, 0.15) is 0 Å². The number of aromatic nitrogens is 2. The minimum Gasteiger partial charge on any atom is -0.507 e. The van der Waals surface area contributed by atoms with E-state index in [1.54, 1.807) is 24.3 Å². The topological polar surface area (TPSA) is 124 Å². The molecule has 0 fully saturated rings. The van der Waals surface area contributed by atoms with Gasteiger partial charge in [-0.05, 0) is 47.5 Å². The van der Waals surface area contributed by atoms with Gasteiger partial charge in [-0.15, -0.1) is 12.4 Å². The normalized spacial score (nSPS) is 11.6. The first-order valence-electron chi connectivity index (χ1n) is 9.43. The van der Waals surface area contributed by atoms with E-state index in [9.17, 15) is 23.2 Å². The molecule has 7 nitrogen and oxygen atoms in total. The summed E-state index contributed by atoms with van der Waals surface area (Å²) >= 11 is 5.93. The van der Waals surface area contributed by atoms with Gasteiger partial charge in [0.25, 0.3) is 10.1 Å². The van der Waals surface area contributed by atoms with Crippen molar-refractivity contribution in [3.8, 4) is 34.0 Å². The molecule has 0 amide bonds. The van der Waals surface area contributed by atoms with E-state index in [0.29, 0.717) is 16.1 Å². The first kappa shape index (κ1) is 22.9. The van der Waals surface area contributed by atoms with Crippen LogP contribution in [0.5, 0.6) is 11.5 Å². The highest BCUT2D eigenvalue weighted by Crippen LogP contribution is 2.38. The predicted octanol–water partition coefficient (Wildman–Crippen LogP) is 5.78. The highest BCUT2D eigenvalue weighted by atomic mass is 35.5. The summed E-state index contributed by atoms with van der Waals surface area (Å²) in [5.74, 6) is 0.0515. The van der Waals surface area contributed by atoms with Crippen molar-refractivity contribution < 1.29 is 23.2 Å². The second kappa shape index (κ2) is 8.24. The summed E-state index contributed by atoms with van der Waals surface area (Å²) in [4.78, 5) is 7.12. The van der Waals surface area contributed by atoms with Crippen LogP contribution in [0, 0.1) is 0 Å². The Bertz CT molecular complexity index is 1630. The van der Waals surface area contributed by atoms with Crippen molar-refractivity contribution >= 4 is 55.9 Å². The number of aromatic hydroxyl groups is 2. The molecule has 0 saturated heterocycles. The second-order valence-electron chi connectivity index (χ2n) is 7.27. The molecule has 0 bridgehead atoms. The number of benzene rings is 4. The Balaban J connectivity index is 0.00000259. The van der Waals surface area contributed by atoms with Gasteiger partial charge in [0.1, 0.15) is 27.7 Å². The lowest BCUT2D eigenvalue weighted by Crippen LogP contribution is -1.99. The number of nitrogens with one attached hydrogen (secondary N) is 1. The molecule has 1 heterocycles. The summed E-state index contributed by atoms with van der Waals surface area (Å²) in [7, 11) is -4.56. The fourth-order valence-corrected chi connectivity index (χ4v) is 4.62. The Labute approximate surface area is 199 Å². The molecular formula is C23H16Cl2N2O5S. The number of aromatic amines is 1. The smallest absolute Gasteiger partial charge is 0.295 e. The molecule has 0 atom stereocenters. The van der Waals surface area contributed by atoms with Crippen LogP contribution in [0.15, 0.2) is 71.6 Å². The van der Waals surface area contributed by atoms with Crippen LogP contribution in [0.4, 0.5) is 0 Å². The van der Waals surface area contributed by atoms with Gasteiger partial charge in [0, 0.05) is 10.4 Å². The van der Waals surface area contributed by atoms with E-state index in [4.69, 9.17) is 11.6 Å². The number of hydrogen-bond donors (Lipinski definition) is 4. The summed E-state index contributed by atoms with van der Waals surface area (Å²) in [6.07, 6.45) is 0. The van der Waals surface area contributed by atoms with Crippen molar-refractivity contribution in [1.82, 2.24) is 9.97 Å². The van der Waals surface area contributed by atoms with Crippen molar-refractivity contribution in [3.05, 3.63) is 71.8 Å². The lowest BCUT2D eigenvalue weighted by molar-refractivity contribution is 0.477. The predicted molar refractivity (Wildman–Crippen MR) is 130 cm³/mol. The average Bonchev–Trinajstić information content (AvgIpc) is 3.16. The molecule has 4 aromatic carbocycles. The molecular weight excluding hydrogens is 487 g/mol. The maximum Gasteiger partial charge on any atom is 0.295 e. The molecule has 0 saturated carbocycles.